The van der Waals surface area contributed by atoms with Gasteiger partial charge in [0.1, 0.15) is 0 Å². The predicted octanol–water partition coefficient (Wildman–Crippen LogP) is 12.7. The van der Waals surface area contributed by atoms with Crippen LogP contribution in [0.1, 0.15) is 25.0 Å². The summed E-state index contributed by atoms with van der Waals surface area (Å²) < 4.78 is 0. The number of nitrogens with zero attached hydrogens (tertiary/aromatic N) is 2. The Morgan fingerprint density at radius 2 is 0.870 bits per heavy atom. The smallest absolute Gasteiger partial charge is 0.361 e. The number of benzene rings is 8. The summed E-state index contributed by atoms with van der Waals surface area (Å²) in [5.41, 5.74) is 21.4. The molecule has 0 fully saturated rings. The summed E-state index contributed by atoms with van der Waals surface area (Å²) in [7, 11) is 0. The molecule has 0 N–H and O–H groups in total. The Labute approximate surface area is 317 Å². The third-order valence-corrected chi connectivity index (χ3v) is 12.0. The molecule has 2 nitrogen and oxygen atoms in total. The molecular weight excluding hydrogens is 651 g/mol. The van der Waals surface area contributed by atoms with Gasteiger partial charge in [-0.25, -0.2) is 0 Å². The second-order valence-electron chi connectivity index (χ2n) is 15.3. The SMILES string of the molecule is CC1(C)c2ccccc2-c2c(N3B4c5c(cccc5-c5cc(-c6ccccc6)ccc53)-c3cc(-c5ccccc5)ccc3N4c3ccccc3)cccc21. The molecule has 0 aromatic heterocycles. The number of para-hydroxylation sites is 1. The molecule has 54 heavy (non-hydrogen) atoms. The summed E-state index contributed by atoms with van der Waals surface area (Å²) in [5.74, 6) is 0. The predicted molar refractivity (Wildman–Crippen MR) is 228 cm³/mol. The average Bonchev–Trinajstić information content (AvgIpc) is 3.48. The molecule has 3 aliphatic rings. The lowest BCUT2D eigenvalue weighted by atomic mass is 9.53. The lowest BCUT2D eigenvalue weighted by molar-refractivity contribution is 0.660. The fraction of sp³-hybridized carbons (Fsp3) is 0.0588. The molecule has 8 aromatic rings. The topological polar surface area (TPSA) is 6.48 Å². The maximum Gasteiger partial charge on any atom is 0.421 e. The van der Waals surface area contributed by atoms with Gasteiger partial charge in [-0.2, -0.15) is 0 Å². The third kappa shape index (κ3) is 4.42. The second kappa shape index (κ2) is 11.7. The quantitative estimate of drug-likeness (QED) is 0.170. The molecule has 0 bridgehead atoms. The van der Waals surface area contributed by atoms with Crippen molar-refractivity contribution >= 4 is 35.2 Å². The minimum atomic E-state index is -0.147. The van der Waals surface area contributed by atoms with Crippen LogP contribution in [0.5, 0.6) is 0 Å². The molecule has 3 heteroatoms. The largest absolute Gasteiger partial charge is 0.421 e. The Morgan fingerprint density at radius 3 is 1.50 bits per heavy atom. The van der Waals surface area contributed by atoms with Crippen molar-refractivity contribution in [3.8, 4) is 55.6 Å². The van der Waals surface area contributed by atoms with Crippen LogP contribution in [0.2, 0.25) is 0 Å². The molecule has 0 unspecified atom stereocenters. The lowest BCUT2D eigenvalue weighted by Crippen LogP contribution is -2.62. The number of hydrogen-bond donors (Lipinski definition) is 0. The first-order valence-electron chi connectivity index (χ1n) is 19.0. The molecule has 254 valence electrons. The van der Waals surface area contributed by atoms with Gasteiger partial charge in [0.15, 0.2) is 0 Å². The van der Waals surface area contributed by atoms with E-state index in [1.807, 2.05) is 0 Å². The van der Waals surface area contributed by atoms with E-state index in [1.165, 1.54) is 95.0 Å². The van der Waals surface area contributed by atoms with E-state index in [9.17, 15) is 0 Å². The summed E-state index contributed by atoms with van der Waals surface area (Å²) >= 11 is 0. The molecule has 2 aliphatic heterocycles. The summed E-state index contributed by atoms with van der Waals surface area (Å²) in [6.45, 7) is 4.61. The van der Waals surface area contributed by atoms with Crippen LogP contribution in [-0.2, 0) is 5.41 Å². The maximum atomic E-state index is 2.66. The zero-order valence-electron chi connectivity index (χ0n) is 30.4. The van der Waals surface area contributed by atoms with Gasteiger partial charge in [-0.05, 0) is 98.0 Å². The molecule has 0 spiro atoms. The van der Waals surface area contributed by atoms with Crippen LogP contribution in [-0.4, -0.2) is 6.98 Å². The standard InChI is InChI=1S/C51H37BN2/c1-51(2)44-25-13-12-22-41(44)49-45(51)26-15-27-48(49)54-47-31-29-37(35-18-8-4-9-19-35)33-43(47)40-24-14-23-39-42-32-36(34-16-6-3-7-17-34)28-30-46(42)53(52(54)50(39)40)38-20-10-5-11-21-38/h3-33H,1-2H3. The Morgan fingerprint density at radius 1 is 0.370 bits per heavy atom. The van der Waals surface area contributed by atoms with Crippen molar-refractivity contribution < 1.29 is 0 Å². The first kappa shape index (κ1) is 31.0. The normalized spacial score (nSPS) is 14.1. The highest BCUT2D eigenvalue weighted by Gasteiger charge is 2.48. The molecule has 2 heterocycles. The van der Waals surface area contributed by atoms with E-state index in [4.69, 9.17) is 0 Å². The first-order chi connectivity index (χ1) is 26.6. The molecule has 0 radical (unpaired) electrons. The fourth-order valence-corrected chi connectivity index (χ4v) is 9.56. The van der Waals surface area contributed by atoms with Gasteiger partial charge >= 0.3 is 6.98 Å². The van der Waals surface area contributed by atoms with Crippen LogP contribution in [0.3, 0.4) is 0 Å². The van der Waals surface area contributed by atoms with Crippen molar-refractivity contribution in [2.24, 2.45) is 0 Å². The van der Waals surface area contributed by atoms with Crippen LogP contribution in [0.4, 0.5) is 22.7 Å². The fourth-order valence-electron chi connectivity index (χ4n) is 9.56. The molecule has 0 amide bonds. The van der Waals surface area contributed by atoms with E-state index in [0.29, 0.717) is 0 Å². The van der Waals surface area contributed by atoms with Crippen molar-refractivity contribution in [2.45, 2.75) is 19.3 Å². The van der Waals surface area contributed by atoms with Gasteiger partial charge < -0.3 is 9.62 Å². The van der Waals surface area contributed by atoms with Crippen molar-refractivity contribution in [2.75, 3.05) is 9.62 Å². The van der Waals surface area contributed by atoms with Crippen LogP contribution >= 0.6 is 0 Å². The van der Waals surface area contributed by atoms with Crippen LogP contribution < -0.4 is 15.1 Å². The highest BCUT2D eigenvalue weighted by atomic mass is 15.2. The van der Waals surface area contributed by atoms with Crippen LogP contribution in [0, 0.1) is 0 Å². The molecule has 11 rings (SSSR count). The molecular formula is C51H37BN2. The van der Waals surface area contributed by atoms with Gasteiger partial charge in [0.25, 0.3) is 0 Å². The van der Waals surface area contributed by atoms with Gasteiger partial charge in [-0.1, -0.05) is 159 Å². The van der Waals surface area contributed by atoms with Crippen molar-refractivity contribution in [3.63, 3.8) is 0 Å². The number of fused-ring (bicyclic) bond motifs is 7. The average molecular weight is 689 g/mol. The highest BCUT2D eigenvalue weighted by Crippen LogP contribution is 2.56. The van der Waals surface area contributed by atoms with Gasteiger partial charge in [0, 0.05) is 44.9 Å². The number of rotatable bonds is 4. The number of anilines is 4. The van der Waals surface area contributed by atoms with Gasteiger partial charge in [0.2, 0.25) is 0 Å². The van der Waals surface area contributed by atoms with E-state index in [1.54, 1.807) is 0 Å². The van der Waals surface area contributed by atoms with E-state index in [2.05, 4.69) is 212 Å². The van der Waals surface area contributed by atoms with E-state index < -0.39 is 0 Å². The summed E-state index contributed by atoms with van der Waals surface area (Å²) in [5, 5.41) is 0. The van der Waals surface area contributed by atoms with E-state index in [0.717, 1.165) is 0 Å². The van der Waals surface area contributed by atoms with Gasteiger partial charge in [-0.3, -0.25) is 0 Å². The lowest BCUT2D eigenvalue weighted by Gasteiger charge is -2.48. The van der Waals surface area contributed by atoms with E-state index in [-0.39, 0.29) is 12.4 Å². The minimum Gasteiger partial charge on any atom is -0.361 e. The van der Waals surface area contributed by atoms with E-state index >= 15 is 0 Å². The number of hydrogen-bond acceptors (Lipinski definition) is 2. The van der Waals surface area contributed by atoms with Gasteiger partial charge in [0.05, 0.1) is 0 Å². The molecule has 0 atom stereocenters. The Hall–Kier alpha value is -6.58. The highest BCUT2D eigenvalue weighted by molar-refractivity contribution is 6.86. The second-order valence-corrected chi connectivity index (χ2v) is 15.3. The molecule has 8 aromatic carbocycles. The van der Waals surface area contributed by atoms with Crippen molar-refractivity contribution in [1.82, 2.24) is 0 Å². The van der Waals surface area contributed by atoms with Crippen molar-refractivity contribution in [3.05, 3.63) is 199 Å². The Balaban J connectivity index is 1.25. The van der Waals surface area contributed by atoms with Crippen molar-refractivity contribution in [1.29, 1.82) is 0 Å². The summed E-state index contributed by atoms with van der Waals surface area (Å²) in [6.07, 6.45) is 0. The summed E-state index contributed by atoms with van der Waals surface area (Å²) in [6, 6.07) is 69.7. The van der Waals surface area contributed by atoms with Crippen LogP contribution in [0.25, 0.3) is 55.6 Å². The summed E-state index contributed by atoms with van der Waals surface area (Å²) in [4.78, 5) is 5.25. The monoisotopic (exact) mass is 688 g/mol. The zero-order chi connectivity index (χ0) is 36.0. The molecule has 0 saturated heterocycles. The maximum absolute atomic E-state index is 2.66. The third-order valence-electron chi connectivity index (χ3n) is 12.0. The Kier molecular flexibility index (Phi) is 6.72. The first-order valence-corrected chi connectivity index (χ1v) is 19.0. The molecule has 1 aliphatic carbocycles. The van der Waals surface area contributed by atoms with Gasteiger partial charge in [-0.15, -0.1) is 0 Å². The van der Waals surface area contributed by atoms with Crippen LogP contribution in [0.15, 0.2) is 188 Å². The minimum absolute atomic E-state index is 0.118. The Bertz CT molecular complexity index is 2740. The molecule has 0 saturated carbocycles. The zero-order valence-corrected chi connectivity index (χ0v) is 30.4.